The molecule has 0 saturated heterocycles. The van der Waals surface area contributed by atoms with Crippen LogP contribution < -0.4 is 0 Å². The molecule has 1 aromatic heterocycles. The lowest BCUT2D eigenvalue weighted by Crippen LogP contribution is -2.09. The summed E-state index contributed by atoms with van der Waals surface area (Å²) in [7, 11) is 0. The second kappa shape index (κ2) is 9.22. The Hall–Kier alpha value is -3.36. The summed E-state index contributed by atoms with van der Waals surface area (Å²) in [5, 5.41) is 18.5. The van der Waals surface area contributed by atoms with Crippen molar-refractivity contribution >= 4 is 5.97 Å². The maximum Gasteiger partial charge on any atom is 0.306 e. The van der Waals surface area contributed by atoms with Crippen molar-refractivity contribution in [1.29, 1.82) is 5.26 Å². The Morgan fingerprint density at radius 3 is 2.52 bits per heavy atom. The summed E-state index contributed by atoms with van der Waals surface area (Å²) in [5.41, 5.74) is 6.39. The van der Waals surface area contributed by atoms with Crippen LogP contribution >= 0.6 is 0 Å². The molecule has 0 bridgehead atoms. The molecule has 0 saturated carbocycles. The van der Waals surface area contributed by atoms with Crippen molar-refractivity contribution in [2.75, 3.05) is 6.61 Å². The zero-order valence-corrected chi connectivity index (χ0v) is 16.7. The number of ether oxygens (including phenoxy) is 1. The number of aliphatic hydroxyl groups excluding tert-OH is 1. The molecule has 0 radical (unpaired) electrons. The van der Waals surface area contributed by atoms with Crippen LogP contribution in [0.25, 0.3) is 16.9 Å². The van der Waals surface area contributed by atoms with Crippen LogP contribution in [0.4, 0.5) is 0 Å². The number of aromatic nitrogens is 1. The SMILES string of the molecule is CCOC(=O)CCc1ccc(-c2ccc(CO)cc2)n1-c1ccc(C#N)cc1C. The molecule has 0 amide bonds. The topological polar surface area (TPSA) is 75.2 Å². The number of carbonyl (C=O) groups is 1. The van der Waals surface area contributed by atoms with Gasteiger partial charge in [0.05, 0.1) is 37.0 Å². The molecule has 148 valence electrons. The molecule has 0 aliphatic carbocycles. The van der Waals surface area contributed by atoms with E-state index in [0.717, 1.165) is 33.8 Å². The number of benzene rings is 2. The van der Waals surface area contributed by atoms with Gasteiger partial charge in [-0.2, -0.15) is 5.26 Å². The van der Waals surface area contributed by atoms with E-state index in [1.165, 1.54) is 0 Å². The second-order valence-electron chi connectivity index (χ2n) is 6.82. The third kappa shape index (κ3) is 4.56. The molecule has 2 aromatic carbocycles. The molecule has 0 spiro atoms. The number of nitriles is 1. The van der Waals surface area contributed by atoms with Gasteiger partial charge in [-0.05, 0) is 67.3 Å². The molecule has 3 rings (SSSR count). The van der Waals surface area contributed by atoms with E-state index >= 15 is 0 Å². The minimum atomic E-state index is -0.217. The molecule has 1 heterocycles. The molecule has 0 unspecified atom stereocenters. The van der Waals surface area contributed by atoms with Crippen LogP contribution in [0.1, 0.15) is 35.7 Å². The Kier molecular flexibility index (Phi) is 6.48. The van der Waals surface area contributed by atoms with Crippen molar-refractivity contribution in [3.8, 4) is 23.0 Å². The van der Waals surface area contributed by atoms with Crippen molar-refractivity contribution in [3.05, 3.63) is 77.0 Å². The first kappa shape index (κ1) is 20.4. The first-order valence-electron chi connectivity index (χ1n) is 9.65. The van der Waals surface area contributed by atoms with E-state index < -0.39 is 0 Å². The summed E-state index contributed by atoms with van der Waals surface area (Å²) in [6.45, 7) is 4.15. The summed E-state index contributed by atoms with van der Waals surface area (Å²) in [4.78, 5) is 11.9. The molecule has 0 fully saturated rings. The number of hydrogen-bond donors (Lipinski definition) is 1. The Balaban J connectivity index is 2.07. The van der Waals surface area contributed by atoms with Crippen molar-refractivity contribution in [3.63, 3.8) is 0 Å². The van der Waals surface area contributed by atoms with Crippen LogP contribution in [0.15, 0.2) is 54.6 Å². The summed E-state index contributed by atoms with van der Waals surface area (Å²) >= 11 is 0. The highest BCUT2D eigenvalue weighted by molar-refractivity contribution is 5.70. The number of nitrogens with zero attached hydrogens (tertiary/aromatic N) is 2. The largest absolute Gasteiger partial charge is 0.466 e. The molecule has 0 atom stereocenters. The zero-order valence-electron chi connectivity index (χ0n) is 16.7. The van der Waals surface area contributed by atoms with Crippen LogP contribution in [0.5, 0.6) is 0 Å². The Labute approximate surface area is 170 Å². The van der Waals surface area contributed by atoms with Crippen molar-refractivity contribution in [1.82, 2.24) is 4.57 Å². The second-order valence-corrected chi connectivity index (χ2v) is 6.82. The van der Waals surface area contributed by atoms with Crippen LogP contribution in [0, 0.1) is 18.3 Å². The molecule has 3 aromatic rings. The molecule has 0 aliphatic rings. The van der Waals surface area contributed by atoms with E-state index in [1.807, 2.05) is 55.5 Å². The fourth-order valence-corrected chi connectivity index (χ4v) is 3.40. The van der Waals surface area contributed by atoms with Gasteiger partial charge in [0.1, 0.15) is 0 Å². The van der Waals surface area contributed by atoms with E-state index in [9.17, 15) is 15.2 Å². The molecular weight excluding hydrogens is 364 g/mol. The Morgan fingerprint density at radius 1 is 1.14 bits per heavy atom. The van der Waals surface area contributed by atoms with E-state index in [0.29, 0.717) is 25.0 Å². The van der Waals surface area contributed by atoms with Gasteiger partial charge in [0.25, 0.3) is 0 Å². The Morgan fingerprint density at radius 2 is 1.90 bits per heavy atom. The minimum Gasteiger partial charge on any atom is -0.466 e. The van der Waals surface area contributed by atoms with Gasteiger partial charge in [0, 0.05) is 11.4 Å². The third-order valence-electron chi connectivity index (χ3n) is 4.85. The average Bonchev–Trinajstić information content (AvgIpc) is 3.16. The molecule has 5 nitrogen and oxygen atoms in total. The number of aliphatic hydroxyl groups is 1. The number of hydrogen-bond acceptors (Lipinski definition) is 4. The third-order valence-corrected chi connectivity index (χ3v) is 4.85. The van der Waals surface area contributed by atoms with Crippen molar-refractivity contribution < 1.29 is 14.6 Å². The number of rotatable bonds is 7. The lowest BCUT2D eigenvalue weighted by atomic mass is 10.1. The van der Waals surface area contributed by atoms with Gasteiger partial charge in [-0.25, -0.2) is 0 Å². The smallest absolute Gasteiger partial charge is 0.306 e. The average molecular weight is 388 g/mol. The van der Waals surface area contributed by atoms with Gasteiger partial charge in [-0.1, -0.05) is 24.3 Å². The van der Waals surface area contributed by atoms with Crippen LogP contribution in [0.2, 0.25) is 0 Å². The Bertz CT molecular complexity index is 1040. The first-order chi connectivity index (χ1) is 14.1. The van der Waals surface area contributed by atoms with Gasteiger partial charge in [-0.15, -0.1) is 0 Å². The first-order valence-corrected chi connectivity index (χ1v) is 9.65. The highest BCUT2D eigenvalue weighted by Gasteiger charge is 2.15. The number of esters is 1. The maximum absolute atomic E-state index is 11.9. The van der Waals surface area contributed by atoms with E-state index in [4.69, 9.17) is 4.74 Å². The molecular formula is C24H24N2O3. The van der Waals surface area contributed by atoms with Crippen LogP contribution in [-0.4, -0.2) is 22.2 Å². The van der Waals surface area contributed by atoms with Gasteiger partial charge in [0.15, 0.2) is 0 Å². The van der Waals surface area contributed by atoms with Gasteiger partial charge >= 0.3 is 5.97 Å². The minimum absolute atomic E-state index is 0.000806. The highest BCUT2D eigenvalue weighted by atomic mass is 16.5. The summed E-state index contributed by atoms with van der Waals surface area (Å²) in [5.74, 6) is -0.217. The predicted octanol–water partition coefficient (Wildman–Crippen LogP) is 4.31. The molecule has 29 heavy (non-hydrogen) atoms. The highest BCUT2D eigenvalue weighted by Crippen LogP contribution is 2.30. The van der Waals surface area contributed by atoms with Gasteiger partial charge in [-0.3, -0.25) is 4.79 Å². The molecule has 5 heteroatoms. The maximum atomic E-state index is 11.9. The summed E-state index contributed by atoms with van der Waals surface area (Å²) in [6.07, 6.45) is 0.850. The summed E-state index contributed by atoms with van der Waals surface area (Å²) < 4.78 is 7.20. The van der Waals surface area contributed by atoms with Crippen LogP contribution in [0.3, 0.4) is 0 Å². The quantitative estimate of drug-likeness (QED) is 0.612. The normalized spacial score (nSPS) is 10.6. The van der Waals surface area contributed by atoms with Crippen LogP contribution in [-0.2, 0) is 22.6 Å². The van der Waals surface area contributed by atoms with Gasteiger partial charge in [0.2, 0.25) is 0 Å². The van der Waals surface area contributed by atoms with E-state index in [2.05, 4.69) is 10.6 Å². The predicted molar refractivity (Wildman–Crippen MR) is 112 cm³/mol. The standard InChI is InChI=1S/C24H24N2O3/c1-3-29-24(28)13-10-21-9-12-23(20-7-4-18(16-27)5-8-20)26(21)22-11-6-19(15-25)14-17(22)2/h4-9,11-12,14,27H,3,10,13,16H2,1-2H3. The fraction of sp³-hybridized carbons (Fsp3) is 0.250. The van der Waals surface area contributed by atoms with Crippen molar-refractivity contribution in [2.45, 2.75) is 33.3 Å². The monoisotopic (exact) mass is 388 g/mol. The van der Waals surface area contributed by atoms with E-state index in [-0.39, 0.29) is 12.6 Å². The van der Waals surface area contributed by atoms with Crippen molar-refractivity contribution in [2.24, 2.45) is 0 Å². The van der Waals surface area contributed by atoms with Gasteiger partial charge < -0.3 is 14.4 Å². The fourth-order valence-electron chi connectivity index (χ4n) is 3.40. The number of carbonyl (C=O) groups excluding carboxylic acids is 1. The van der Waals surface area contributed by atoms with E-state index in [1.54, 1.807) is 13.0 Å². The lowest BCUT2D eigenvalue weighted by molar-refractivity contribution is -0.143. The summed E-state index contributed by atoms with van der Waals surface area (Å²) in [6, 6.07) is 19.6. The lowest BCUT2D eigenvalue weighted by Gasteiger charge is -2.17. The molecule has 0 aliphatic heterocycles. The molecule has 1 N–H and O–H groups in total. The number of aryl methyl sites for hydroxylation is 2. The zero-order chi connectivity index (χ0) is 20.8.